The first-order valence-corrected chi connectivity index (χ1v) is 8.40. The number of hydrogen-bond acceptors (Lipinski definition) is 4. The number of nitrogens with one attached hydrogen (secondary N) is 1. The lowest BCUT2D eigenvalue weighted by Gasteiger charge is -2.32. The van der Waals surface area contributed by atoms with E-state index < -0.39 is 15.6 Å². The van der Waals surface area contributed by atoms with Crippen LogP contribution in [-0.4, -0.2) is 62.1 Å². The van der Waals surface area contributed by atoms with Crippen LogP contribution in [0.1, 0.15) is 27.2 Å². The fraction of sp³-hybridized carbons (Fsp3) is 0.769. The van der Waals surface area contributed by atoms with E-state index in [0.29, 0.717) is 5.57 Å². The molecule has 0 rings (SSSR count). The molecule has 138 valence electrons. The third-order valence-corrected chi connectivity index (χ3v) is 3.93. The van der Waals surface area contributed by atoms with Gasteiger partial charge in [-0.3, -0.25) is 4.79 Å². The topological polar surface area (TPSA) is 86.3 Å². The zero-order valence-corrected chi connectivity index (χ0v) is 14.7. The standard InChI is InChI=1S/C12H24N2O.CHF3O3S/c1-6-14(5,7-2)10-8-9-13-12(15)11(3)4;2-1(3,4)8(5,6)7/h3,6-10H2,1-2,4-5H3;(H,5,6,7). The van der Waals surface area contributed by atoms with Crippen LogP contribution >= 0.6 is 0 Å². The first-order valence-electron chi connectivity index (χ1n) is 6.99. The van der Waals surface area contributed by atoms with Crippen LogP contribution in [0.5, 0.6) is 0 Å². The molecule has 0 saturated carbocycles. The van der Waals surface area contributed by atoms with Gasteiger partial charge in [0.15, 0.2) is 10.1 Å². The van der Waals surface area contributed by atoms with E-state index in [1.54, 1.807) is 6.92 Å². The zero-order valence-electron chi connectivity index (χ0n) is 13.9. The van der Waals surface area contributed by atoms with Crippen LogP contribution < -0.4 is 5.32 Å². The number of quaternary nitrogens is 1. The molecule has 0 radical (unpaired) electrons. The molecule has 0 aliphatic heterocycles. The van der Waals surface area contributed by atoms with Crippen LogP contribution in [0.2, 0.25) is 0 Å². The molecule has 0 saturated heterocycles. The van der Waals surface area contributed by atoms with Crippen molar-refractivity contribution in [3.8, 4) is 0 Å². The van der Waals surface area contributed by atoms with Crippen molar-refractivity contribution < 1.29 is 35.4 Å². The van der Waals surface area contributed by atoms with Gasteiger partial charge in [-0.2, -0.15) is 13.2 Å². The van der Waals surface area contributed by atoms with Gasteiger partial charge in [0, 0.05) is 18.5 Å². The Morgan fingerprint density at radius 2 is 1.65 bits per heavy atom. The maximum atomic E-state index is 11.2. The molecule has 23 heavy (non-hydrogen) atoms. The van der Waals surface area contributed by atoms with Crippen LogP contribution in [0.25, 0.3) is 0 Å². The lowest BCUT2D eigenvalue weighted by Crippen LogP contribution is -2.45. The molecule has 0 aliphatic rings. The van der Waals surface area contributed by atoms with Crippen molar-refractivity contribution in [2.24, 2.45) is 0 Å². The summed E-state index contributed by atoms with van der Waals surface area (Å²) in [6.45, 7) is 13.9. The monoisotopic (exact) mass is 362 g/mol. The second kappa shape index (κ2) is 9.89. The minimum Gasteiger partial charge on any atom is -0.741 e. The quantitative estimate of drug-likeness (QED) is 0.245. The largest absolute Gasteiger partial charge is 0.741 e. The summed E-state index contributed by atoms with van der Waals surface area (Å²) in [4.78, 5) is 11.2. The van der Waals surface area contributed by atoms with Gasteiger partial charge >= 0.3 is 5.51 Å². The van der Waals surface area contributed by atoms with Crippen molar-refractivity contribution >= 4 is 16.0 Å². The van der Waals surface area contributed by atoms with Gasteiger partial charge in [-0.1, -0.05) is 6.58 Å². The SMILES string of the molecule is C=C(C)C(=O)NCCC[N+](C)(CC)CC.O=S(=O)([O-])C(F)(F)F. The Morgan fingerprint density at radius 1 is 1.26 bits per heavy atom. The maximum absolute atomic E-state index is 11.2. The van der Waals surface area contributed by atoms with E-state index in [1.807, 2.05) is 0 Å². The van der Waals surface area contributed by atoms with Crippen LogP contribution in [0.3, 0.4) is 0 Å². The highest BCUT2D eigenvalue weighted by molar-refractivity contribution is 7.86. The van der Waals surface area contributed by atoms with Crippen LogP contribution in [0.4, 0.5) is 13.2 Å². The average molecular weight is 362 g/mol. The first kappa shape index (κ1) is 24.1. The van der Waals surface area contributed by atoms with Crippen LogP contribution in [0.15, 0.2) is 12.2 Å². The molecule has 1 N–H and O–H groups in total. The Hall–Kier alpha value is -1.13. The number of halogens is 3. The van der Waals surface area contributed by atoms with E-state index in [-0.39, 0.29) is 5.91 Å². The number of nitrogens with zero attached hydrogens (tertiary/aromatic N) is 1. The third-order valence-electron chi connectivity index (χ3n) is 3.36. The predicted octanol–water partition coefficient (Wildman–Crippen LogP) is 1.61. The Bertz CT molecular complexity index is 486. The number of hydrogen-bond donors (Lipinski definition) is 1. The Labute approximate surface area is 135 Å². The molecule has 0 aliphatic carbocycles. The van der Waals surface area contributed by atoms with Gasteiger partial charge in [0.05, 0.1) is 26.7 Å². The highest BCUT2D eigenvalue weighted by Crippen LogP contribution is 2.20. The number of carbonyl (C=O) groups excluding carboxylic acids is 1. The molecule has 10 heteroatoms. The summed E-state index contributed by atoms with van der Waals surface area (Å²) in [5.41, 5.74) is -5.06. The lowest BCUT2D eigenvalue weighted by molar-refractivity contribution is -0.906. The molecule has 0 heterocycles. The molecule has 0 unspecified atom stereocenters. The smallest absolute Gasteiger partial charge is 0.485 e. The molecular formula is C13H25F3N2O4S. The van der Waals surface area contributed by atoms with E-state index in [0.717, 1.165) is 37.1 Å². The molecule has 0 fully saturated rings. The van der Waals surface area contributed by atoms with E-state index in [2.05, 4.69) is 32.8 Å². The summed E-state index contributed by atoms with van der Waals surface area (Å²) in [6.07, 6.45) is 1.02. The van der Waals surface area contributed by atoms with Crippen molar-refractivity contribution in [1.29, 1.82) is 0 Å². The van der Waals surface area contributed by atoms with Crippen molar-refractivity contribution in [3.05, 3.63) is 12.2 Å². The fourth-order valence-corrected chi connectivity index (χ4v) is 1.35. The average Bonchev–Trinajstić information content (AvgIpc) is 2.41. The molecule has 0 aromatic rings. The second-order valence-electron chi connectivity index (χ2n) is 5.27. The van der Waals surface area contributed by atoms with Gasteiger partial charge in [-0.25, -0.2) is 8.42 Å². The number of alkyl halides is 3. The van der Waals surface area contributed by atoms with Gasteiger partial charge < -0.3 is 14.4 Å². The van der Waals surface area contributed by atoms with Crippen molar-refractivity contribution in [2.45, 2.75) is 32.7 Å². The van der Waals surface area contributed by atoms with Gasteiger partial charge in [-0.15, -0.1) is 0 Å². The first-order chi connectivity index (χ1) is 10.2. The number of carbonyl (C=O) groups is 1. The third kappa shape index (κ3) is 11.1. The Morgan fingerprint density at radius 3 is 1.91 bits per heavy atom. The van der Waals surface area contributed by atoms with Gasteiger partial charge in [-0.05, 0) is 20.8 Å². The second-order valence-corrected chi connectivity index (χ2v) is 6.64. The summed E-state index contributed by atoms with van der Waals surface area (Å²) in [6, 6.07) is 0. The molecule has 0 aromatic carbocycles. The minimum absolute atomic E-state index is 0.0304. The molecule has 0 spiro atoms. The van der Waals surface area contributed by atoms with E-state index in [9.17, 15) is 18.0 Å². The van der Waals surface area contributed by atoms with E-state index in [4.69, 9.17) is 13.0 Å². The van der Waals surface area contributed by atoms with Gasteiger partial charge in [0.2, 0.25) is 5.91 Å². The van der Waals surface area contributed by atoms with Gasteiger partial charge in [0.25, 0.3) is 0 Å². The highest BCUT2D eigenvalue weighted by Gasteiger charge is 2.36. The molecule has 0 bridgehead atoms. The molecule has 6 nitrogen and oxygen atoms in total. The summed E-state index contributed by atoms with van der Waals surface area (Å²) in [7, 11) is -3.84. The van der Waals surface area contributed by atoms with Crippen molar-refractivity contribution in [3.63, 3.8) is 0 Å². The summed E-state index contributed by atoms with van der Waals surface area (Å²) in [5, 5.41) is 2.85. The van der Waals surface area contributed by atoms with E-state index in [1.165, 1.54) is 0 Å². The zero-order chi connectivity index (χ0) is 18.9. The Kier molecular flexibility index (Phi) is 10.4. The van der Waals surface area contributed by atoms with Crippen molar-refractivity contribution in [2.75, 3.05) is 33.2 Å². The summed E-state index contributed by atoms with van der Waals surface area (Å²) in [5.74, 6) is -0.0304. The highest BCUT2D eigenvalue weighted by atomic mass is 32.2. The maximum Gasteiger partial charge on any atom is 0.485 e. The van der Waals surface area contributed by atoms with Gasteiger partial charge in [0.1, 0.15) is 0 Å². The molecule has 0 atom stereocenters. The predicted molar refractivity (Wildman–Crippen MR) is 80.3 cm³/mol. The number of amides is 1. The summed E-state index contributed by atoms with van der Waals surface area (Å²) < 4.78 is 60.0. The summed E-state index contributed by atoms with van der Waals surface area (Å²) >= 11 is 0. The van der Waals surface area contributed by atoms with E-state index >= 15 is 0 Å². The lowest BCUT2D eigenvalue weighted by atomic mass is 10.3. The van der Waals surface area contributed by atoms with Crippen molar-refractivity contribution in [1.82, 2.24) is 5.32 Å². The van der Waals surface area contributed by atoms with Crippen LogP contribution in [-0.2, 0) is 14.9 Å². The molecular weight excluding hydrogens is 337 g/mol. The Balaban J connectivity index is 0. The van der Waals surface area contributed by atoms with Crippen LogP contribution in [0, 0.1) is 0 Å². The fourth-order valence-electron chi connectivity index (χ4n) is 1.35. The number of rotatable bonds is 7. The molecule has 0 aromatic heterocycles. The molecule has 1 amide bonds. The minimum atomic E-state index is -6.09. The normalized spacial score (nSPS) is 12.2.